The number of amides is 1. The molecule has 3 aromatic rings. The van der Waals surface area contributed by atoms with Gasteiger partial charge in [0.05, 0.1) is 7.11 Å². The maximum Gasteiger partial charge on any atom is 0.269 e. The first-order chi connectivity index (χ1) is 13.1. The summed E-state index contributed by atoms with van der Waals surface area (Å²) in [5.41, 5.74) is 7.48. The Morgan fingerprint density at radius 3 is 2.52 bits per heavy atom. The van der Waals surface area contributed by atoms with E-state index < -0.39 is 12.1 Å². The molecule has 1 amide bonds. The van der Waals surface area contributed by atoms with Crippen molar-refractivity contribution >= 4 is 17.4 Å². The lowest BCUT2D eigenvalue weighted by atomic mass is 10.1. The first-order valence-electron chi connectivity index (χ1n) is 8.18. The zero-order valence-electron chi connectivity index (χ0n) is 14.4. The minimum Gasteiger partial charge on any atom is -0.497 e. The van der Waals surface area contributed by atoms with Gasteiger partial charge in [0, 0.05) is 5.69 Å². The van der Waals surface area contributed by atoms with Gasteiger partial charge in [-0.05, 0) is 42.0 Å². The Morgan fingerprint density at radius 1 is 1.19 bits per heavy atom. The van der Waals surface area contributed by atoms with Crippen molar-refractivity contribution in [3.63, 3.8) is 0 Å². The van der Waals surface area contributed by atoms with Crippen LogP contribution in [-0.2, 0) is 4.79 Å². The molecule has 1 atom stereocenters. The molecule has 2 heterocycles. The van der Waals surface area contributed by atoms with Crippen molar-refractivity contribution in [1.82, 2.24) is 9.55 Å². The summed E-state index contributed by atoms with van der Waals surface area (Å²) in [7, 11) is 1.59. The Kier molecular flexibility index (Phi) is 4.08. The van der Waals surface area contributed by atoms with Crippen molar-refractivity contribution < 1.29 is 13.9 Å². The normalized spacial score (nSPS) is 15.5. The van der Waals surface area contributed by atoms with E-state index >= 15 is 0 Å². The van der Waals surface area contributed by atoms with Gasteiger partial charge in [-0.15, -0.1) is 0 Å². The Morgan fingerprint density at radius 2 is 1.89 bits per heavy atom. The number of primary amides is 1. The Balaban J connectivity index is 1.78. The molecule has 0 saturated carbocycles. The van der Waals surface area contributed by atoms with Crippen LogP contribution >= 0.6 is 0 Å². The zero-order valence-corrected chi connectivity index (χ0v) is 14.4. The molecule has 4 rings (SSSR count). The van der Waals surface area contributed by atoms with Crippen LogP contribution in [0.4, 0.5) is 10.2 Å². The van der Waals surface area contributed by atoms with E-state index in [-0.39, 0.29) is 11.5 Å². The number of nitrogens with two attached hydrogens (primary N) is 1. The Hall–Kier alpha value is -3.68. The number of ether oxygens (including phenoxy) is 1. The first-order valence-corrected chi connectivity index (χ1v) is 8.18. The molecule has 0 saturated heterocycles. The molecule has 1 aliphatic rings. The van der Waals surface area contributed by atoms with Crippen molar-refractivity contribution in [1.29, 1.82) is 0 Å². The molecule has 136 valence electrons. The number of benzene rings is 2. The van der Waals surface area contributed by atoms with Gasteiger partial charge >= 0.3 is 0 Å². The van der Waals surface area contributed by atoms with Crippen LogP contribution in [0.3, 0.4) is 0 Å². The molecular weight excluding hydrogens is 349 g/mol. The third kappa shape index (κ3) is 3.01. The minimum atomic E-state index is -0.666. The number of carbonyl (C=O) groups is 1. The number of aliphatic imine (C=N–C) groups is 1. The molecule has 1 unspecified atom stereocenters. The van der Waals surface area contributed by atoms with Crippen LogP contribution in [0.25, 0.3) is 5.69 Å². The van der Waals surface area contributed by atoms with E-state index in [4.69, 9.17) is 10.5 Å². The molecule has 0 bridgehead atoms. The average molecular weight is 365 g/mol. The minimum absolute atomic E-state index is 0.0884. The fraction of sp³-hybridized carbons (Fsp3) is 0.105. The number of nitrogens with zero attached hydrogens (tertiary/aromatic N) is 3. The number of fused-ring (bicyclic) bond motifs is 1. The molecule has 2 aromatic carbocycles. The molecule has 7 nitrogen and oxygen atoms in total. The predicted molar refractivity (Wildman–Crippen MR) is 98.6 cm³/mol. The van der Waals surface area contributed by atoms with Crippen LogP contribution in [-0.4, -0.2) is 28.3 Å². The Bertz CT molecular complexity index is 1030. The SMILES string of the molecule is COc1ccc(C2N=C(C(N)=O)c3ncn(-c4ccc(F)cc4)c3N2)cc1. The van der Waals surface area contributed by atoms with Crippen LogP contribution in [0.15, 0.2) is 59.9 Å². The van der Waals surface area contributed by atoms with Crippen molar-refractivity contribution in [2.24, 2.45) is 10.7 Å². The topological polar surface area (TPSA) is 94.5 Å². The molecule has 3 N–H and O–H groups in total. The van der Waals surface area contributed by atoms with Gasteiger partial charge in [0.2, 0.25) is 0 Å². The summed E-state index contributed by atoms with van der Waals surface area (Å²) in [6.07, 6.45) is 1.02. The average Bonchev–Trinajstić information content (AvgIpc) is 3.11. The molecule has 1 aliphatic heterocycles. The smallest absolute Gasteiger partial charge is 0.269 e. The first kappa shape index (κ1) is 16.8. The number of carbonyl (C=O) groups excluding carboxylic acids is 1. The summed E-state index contributed by atoms with van der Waals surface area (Å²) in [5, 5.41) is 3.27. The molecule has 0 aliphatic carbocycles. The second-order valence-electron chi connectivity index (χ2n) is 5.95. The monoisotopic (exact) mass is 365 g/mol. The Labute approximate surface area is 154 Å². The zero-order chi connectivity index (χ0) is 19.0. The summed E-state index contributed by atoms with van der Waals surface area (Å²) in [4.78, 5) is 20.6. The molecule has 27 heavy (non-hydrogen) atoms. The third-order valence-electron chi connectivity index (χ3n) is 4.29. The van der Waals surface area contributed by atoms with Crippen molar-refractivity contribution in [2.75, 3.05) is 12.4 Å². The highest BCUT2D eigenvalue weighted by Crippen LogP contribution is 2.32. The van der Waals surface area contributed by atoms with Gasteiger partial charge in [-0.2, -0.15) is 0 Å². The van der Waals surface area contributed by atoms with Gasteiger partial charge in [0.25, 0.3) is 5.91 Å². The lowest BCUT2D eigenvalue weighted by Gasteiger charge is -2.23. The van der Waals surface area contributed by atoms with E-state index in [2.05, 4.69) is 15.3 Å². The van der Waals surface area contributed by atoms with Crippen LogP contribution in [0, 0.1) is 5.82 Å². The maximum atomic E-state index is 13.2. The van der Waals surface area contributed by atoms with Gasteiger partial charge in [-0.1, -0.05) is 12.1 Å². The number of imidazole rings is 1. The highest BCUT2D eigenvalue weighted by molar-refractivity contribution is 6.45. The standard InChI is InChI=1S/C19H16FN5O2/c1-27-14-8-2-11(3-9-14)18-23-15(17(21)26)16-19(24-18)25(10-22-16)13-6-4-12(20)5-7-13/h2-10,18,24H,1H3,(H2,21,26). The fourth-order valence-electron chi connectivity index (χ4n) is 2.93. The summed E-state index contributed by atoms with van der Waals surface area (Å²) in [6.45, 7) is 0. The van der Waals surface area contributed by atoms with E-state index in [0.29, 0.717) is 22.9 Å². The highest BCUT2D eigenvalue weighted by Gasteiger charge is 2.29. The fourth-order valence-corrected chi connectivity index (χ4v) is 2.93. The molecule has 0 fully saturated rings. The number of anilines is 1. The van der Waals surface area contributed by atoms with Crippen LogP contribution in [0.5, 0.6) is 5.75 Å². The van der Waals surface area contributed by atoms with E-state index in [0.717, 1.165) is 5.56 Å². The number of hydrogen-bond donors (Lipinski definition) is 2. The number of hydrogen-bond acceptors (Lipinski definition) is 5. The molecule has 8 heteroatoms. The van der Waals surface area contributed by atoms with Gasteiger partial charge < -0.3 is 15.8 Å². The molecule has 0 radical (unpaired) electrons. The second kappa shape index (κ2) is 6.56. The van der Waals surface area contributed by atoms with Crippen molar-refractivity contribution in [3.8, 4) is 11.4 Å². The lowest BCUT2D eigenvalue weighted by Crippen LogP contribution is -2.31. The van der Waals surface area contributed by atoms with E-state index in [1.165, 1.54) is 12.1 Å². The molecular formula is C19H16FN5O2. The number of methoxy groups -OCH3 is 1. The van der Waals surface area contributed by atoms with Crippen LogP contribution in [0.1, 0.15) is 17.4 Å². The van der Waals surface area contributed by atoms with E-state index in [9.17, 15) is 9.18 Å². The quantitative estimate of drug-likeness (QED) is 0.742. The van der Waals surface area contributed by atoms with E-state index in [1.807, 2.05) is 24.3 Å². The van der Waals surface area contributed by atoms with Gasteiger partial charge in [-0.25, -0.2) is 14.4 Å². The summed E-state index contributed by atoms with van der Waals surface area (Å²) in [5.74, 6) is 0.272. The van der Waals surface area contributed by atoms with Gasteiger partial charge in [0.1, 0.15) is 35.6 Å². The van der Waals surface area contributed by atoms with Crippen molar-refractivity contribution in [2.45, 2.75) is 6.17 Å². The molecule has 0 spiro atoms. The third-order valence-corrected chi connectivity index (χ3v) is 4.29. The maximum absolute atomic E-state index is 13.2. The number of aromatic nitrogens is 2. The van der Waals surface area contributed by atoms with Crippen molar-refractivity contribution in [3.05, 3.63) is 71.9 Å². The lowest BCUT2D eigenvalue weighted by molar-refractivity contribution is -0.112. The summed E-state index contributed by atoms with van der Waals surface area (Å²) >= 11 is 0. The van der Waals surface area contributed by atoms with E-state index in [1.54, 1.807) is 30.1 Å². The largest absolute Gasteiger partial charge is 0.497 e. The number of halogens is 1. The van der Waals surface area contributed by atoms with Crippen LogP contribution < -0.4 is 15.8 Å². The predicted octanol–water partition coefficient (Wildman–Crippen LogP) is 2.42. The van der Waals surface area contributed by atoms with Crippen LogP contribution in [0.2, 0.25) is 0 Å². The summed E-state index contributed by atoms with van der Waals surface area (Å²) in [6, 6.07) is 13.3. The summed E-state index contributed by atoms with van der Waals surface area (Å²) < 4.78 is 20.1. The van der Waals surface area contributed by atoms with Gasteiger partial charge in [0.15, 0.2) is 5.71 Å². The highest BCUT2D eigenvalue weighted by atomic mass is 19.1. The van der Waals surface area contributed by atoms with Gasteiger partial charge in [-0.3, -0.25) is 9.36 Å². The number of nitrogens with one attached hydrogen (secondary N) is 1. The number of rotatable bonds is 4. The second-order valence-corrected chi connectivity index (χ2v) is 5.95. The molecule has 1 aromatic heterocycles.